The van der Waals surface area contributed by atoms with Gasteiger partial charge in [0.2, 0.25) is 0 Å². The quantitative estimate of drug-likeness (QED) is 0.638. The minimum Gasteiger partial charge on any atom is -0.259 e. The third-order valence-corrected chi connectivity index (χ3v) is 1.59. The SMILES string of the molecule is CC(C)c1cc(F)c(C#N)cn1. The van der Waals surface area contributed by atoms with Gasteiger partial charge in [0.1, 0.15) is 17.4 Å². The minimum absolute atomic E-state index is 0.000556. The van der Waals surface area contributed by atoms with Crippen molar-refractivity contribution in [2.24, 2.45) is 0 Å². The first kappa shape index (κ1) is 8.66. The van der Waals surface area contributed by atoms with E-state index < -0.39 is 5.82 Å². The van der Waals surface area contributed by atoms with Crippen LogP contribution in [0.5, 0.6) is 0 Å². The summed E-state index contributed by atoms with van der Waals surface area (Å²) < 4.78 is 12.9. The Kier molecular flexibility index (Phi) is 2.39. The Morgan fingerprint density at radius 1 is 1.58 bits per heavy atom. The van der Waals surface area contributed by atoms with Gasteiger partial charge in [0, 0.05) is 11.9 Å². The largest absolute Gasteiger partial charge is 0.259 e. The Morgan fingerprint density at radius 2 is 2.25 bits per heavy atom. The predicted molar refractivity (Wildman–Crippen MR) is 43.0 cm³/mol. The first-order chi connectivity index (χ1) is 5.65. The molecular formula is C9H9FN2. The van der Waals surface area contributed by atoms with Crippen LogP contribution in [0.25, 0.3) is 0 Å². The number of nitrogens with zero attached hydrogens (tertiary/aromatic N) is 2. The second-order valence-electron chi connectivity index (χ2n) is 2.86. The van der Waals surface area contributed by atoms with E-state index in [-0.39, 0.29) is 11.5 Å². The summed E-state index contributed by atoms with van der Waals surface area (Å²) in [6, 6.07) is 3.03. The van der Waals surface area contributed by atoms with Gasteiger partial charge in [-0.1, -0.05) is 13.8 Å². The highest BCUT2D eigenvalue weighted by Gasteiger charge is 2.05. The summed E-state index contributed by atoms with van der Waals surface area (Å²) in [5, 5.41) is 8.42. The molecular weight excluding hydrogens is 155 g/mol. The highest BCUT2D eigenvalue weighted by molar-refractivity contribution is 5.29. The monoisotopic (exact) mass is 164 g/mol. The van der Waals surface area contributed by atoms with Crippen LogP contribution in [0.4, 0.5) is 4.39 Å². The predicted octanol–water partition coefficient (Wildman–Crippen LogP) is 2.22. The highest BCUT2D eigenvalue weighted by Crippen LogP contribution is 2.13. The molecule has 0 aliphatic heterocycles. The van der Waals surface area contributed by atoms with E-state index in [0.717, 1.165) is 0 Å². The molecule has 0 N–H and O–H groups in total. The lowest BCUT2D eigenvalue weighted by Gasteiger charge is -2.03. The fraction of sp³-hybridized carbons (Fsp3) is 0.333. The van der Waals surface area contributed by atoms with Crippen LogP contribution in [0.1, 0.15) is 31.0 Å². The van der Waals surface area contributed by atoms with Gasteiger partial charge in [-0.25, -0.2) is 4.39 Å². The summed E-state index contributed by atoms with van der Waals surface area (Å²) in [4.78, 5) is 3.95. The Morgan fingerprint density at radius 3 is 2.67 bits per heavy atom. The molecule has 2 nitrogen and oxygen atoms in total. The lowest BCUT2D eigenvalue weighted by Crippen LogP contribution is -1.95. The summed E-state index contributed by atoms with van der Waals surface area (Å²) in [7, 11) is 0. The molecule has 1 heterocycles. The van der Waals surface area contributed by atoms with Crippen LogP contribution < -0.4 is 0 Å². The smallest absolute Gasteiger partial charge is 0.144 e. The van der Waals surface area contributed by atoms with E-state index in [9.17, 15) is 4.39 Å². The number of hydrogen-bond donors (Lipinski definition) is 0. The summed E-state index contributed by atoms with van der Waals surface area (Å²) >= 11 is 0. The molecule has 1 aromatic rings. The van der Waals surface area contributed by atoms with Crippen molar-refractivity contribution in [1.82, 2.24) is 4.98 Å². The van der Waals surface area contributed by atoms with E-state index >= 15 is 0 Å². The number of hydrogen-bond acceptors (Lipinski definition) is 2. The number of rotatable bonds is 1. The number of aromatic nitrogens is 1. The first-order valence-electron chi connectivity index (χ1n) is 3.70. The molecule has 1 rings (SSSR count). The second-order valence-corrected chi connectivity index (χ2v) is 2.86. The van der Waals surface area contributed by atoms with Crippen molar-refractivity contribution in [3.8, 4) is 6.07 Å². The molecule has 0 bridgehead atoms. The zero-order valence-electron chi connectivity index (χ0n) is 7.00. The third-order valence-electron chi connectivity index (χ3n) is 1.59. The lowest BCUT2D eigenvalue weighted by molar-refractivity contribution is 0.614. The molecule has 0 aliphatic carbocycles. The van der Waals surface area contributed by atoms with Crippen molar-refractivity contribution in [3.05, 3.63) is 29.3 Å². The topological polar surface area (TPSA) is 36.7 Å². The average molecular weight is 164 g/mol. The van der Waals surface area contributed by atoms with E-state index in [4.69, 9.17) is 5.26 Å². The summed E-state index contributed by atoms with van der Waals surface area (Å²) in [5.41, 5.74) is 0.672. The standard InChI is InChI=1S/C9H9FN2/c1-6(2)9-3-8(10)7(4-11)5-12-9/h3,5-6H,1-2H3. The van der Waals surface area contributed by atoms with Gasteiger partial charge in [-0.2, -0.15) is 5.26 Å². The fourth-order valence-electron chi connectivity index (χ4n) is 0.844. The lowest BCUT2D eigenvalue weighted by atomic mass is 10.1. The molecule has 0 saturated heterocycles. The minimum atomic E-state index is -0.490. The number of pyridine rings is 1. The first-order valence-corrected chi connectivity index (χ1v) is 3.70. The van der Waals surface area contributed by atoms with Gasteiger partial charge >= 0.3 is 0 Å². The third kappa shape index (κ3) is 1.59. The number of nitriles is 1. The fourth-order valence-corrected chi connectivity index (χ4v) is 0.844. The molecule has 0 saturated carbocycles. The van der Waals surface area contributed by atoms with Gasteiger partial charge in [0.05, 0.1) is 0 Å². The summed E-state index contributed by atoms with van der Waals surface area (Å²) in [6.45, 7) is 3.85. The molecule has 0 radical (unpaired) electrons. The Bertz CT molecular complexity index is 326. The van der Waals surface area contributed by atoms with Gasteiger partial charge < -0.3 is 0 Å². The van der Waals surface area contributed by atoms with Gasteiger partial charge in [-0.05, 0) is 12.0 Å². The van der Waals surface area contributed by atoms with E-state index in [1.165, 1.54) is 12.3 Å². The second kappa shape index (κ2) is 3.31. The molecule has 12 heavy (non-hydrogen) atoms. The summed E-state index contributed by atoms with van der Waals surface area (Å²) in [5.74, 6) is -0.302. The van der Waals surface area contributed by atoms with Gasteiger partial charge in [-0.3, -0.25) is 4.98 Å². The van der Waals surface area contributed by atoms with Crippen LogP contribution in [0, 0.1) is 17.1 Å². The normalized spacial score (nSPS) is 9.92. The Hall–Kier alpha value is -1.43. The average Bonchev–Trinajstić information content (AvgIpc) is 2.04. The van der Waals surface area contributed by atoms with Gasteiger partial charge in [-0.15, -0.1) is 0 Å². The number of halogens is 1. The molecule has 0 amide bonds. The molecule has 1 aromatic heterocycles. The molecule has 0 unspecified atom stereocenters. The van der Waals surface area contributed by atoms with Gasteiger partial charge in [0.15, 0.2) is 0 Å². The van der Waals surface area contributed by atoms with E-state index in [1.54, 1.807) is 6.07 Å². The van der Waals surface area contributed by atoms with Crippen molar-refractivity contribution >= 4 is 0 Å². The Labute approximate surface area is 70.7 Å². The van der Waals surface area contributed by atoms with Crippen molar-refractivity contribution in [3.63, 3.8) is 0 Å². The molecule has 0 fully saturated rings. The van der Waals surface area contributed by atoms with Crippen LogP contribution in [0.3, 0.4) is 0 Å². The van der Waals surface area contributed by atoms with Crippen molar-refractivity contribution in [2.75, 3.05) is 0 Å². The summed E-state index contributed by atoms with van der Waals surface area (Å²) in [6.07, 6.45) is 1.27. The van der Waals surface area contributed by atoms with Crippen molar-refractivity contribution in [1.29, 1.82) is 5.26 Å². The molecule has 0 aliphatic rings. The van der Waals surface area contributed by atoms with Crippen LogP contribution >= 0.6 is 0 Å². The van der Waals surface area contributed by atoms with E-state index in [0.29, 0.717) is 5.69 Å². The molecule has 3 heteroatoms. The maximum absolute atomic E-state index is 12.9. The van der Waals surface area contributed by atoms with Crippen LogP contribution in [-0.2, 0) is 0 Å². The van der Waals surface area contributed by atoms with Gasteiger partial charge in [0.25, 0.3) is 0 Å². The molecule has 0 atom stereocenters. The highest BCUT2D eigenvalue weighted by atomic mass is 19.1. The van der Waals surface area contributed by atoms with Crippen LogP contribution in [0.15, 0.2) is 12.3 Å². The molecule has 0 aromatic carbocycles. The van der Waals surface area contributed by atoms with Crippen molar-refractivity contribution in [2.45, 2.75) is 19.8 Å². The van der Waals surface area contributed by atoms with Crippen molar-refractivity contribution < 1.29 is 4.39 Å². The van der Waals surface area contributed by atoms with E-state index in [1.807, 2.05) is 13.8 Å². The zero-order valence-corrected chi connectivity index (χ0v) is 7.00. The Balaban J connectivity index is 3.12. The molecule has 62 valence electrons. The van der Waals surface area contributed by atoms with Crippen LogP contribution in [0.2, 0.25) is 0 Å². The van der Waals surface area contributed by atoms with E-state index in [2.05, 4.69) is 4.98 Å². The maximum Gasteiger partial charge on any atom is 0.144 e. The zero-order chi connectivity index (χ0) is 9.14. The molecule has 0 spiro atoms. The van der Waals surface area contributed by atoms with Crippen LogP contribution in [-0.4, -0.2) is 4.98 Å². The maximum atomic E-state index is 12.9.